The molecule has 3 rings (SSSR count). The summed E-state index contributed by atoms with van der Waals surface area (Å²) in [5.74, 6) is 0.0522. The maximum atomic E-state index is 12.9. The number of phenols is 1. The Balaban J connectivity index is 2.08. The van der Waals surface area contributed by atoms with Gasteiger partial charge in [-0.3, -0.25) is 0 Å². The van der Waals surface area contributed by atoms with E-state index in [-0.39, 0.29) is 10.6 Å². The summed E-state index contributed by atoms with van der Waals surface area (Å²) in [6.45, 7) is 1.78. The molecule has 1 aliphatic rings. The van der Waals surface area contributed by atoms with E-state index in [9.17, 15) is 13.5 Å². The van der Waals surface area contributed by atoms with Crippen LogP contribution in [-0.4, -0.2) is 23.7 Å². The molecule has 120 valence electrons. The van der Waals surface area contributed by atoms with E-state index in [1.54, 1.807) is 43.3 Å². The van der Waals surface area contributed by atoms with Gasteiger partial charge < -0.3 is 5.11 Å². The van der Waals surface area contributed by atoms with Crippen LogP contribution in [-0.2, 0) is 10.0 Å². The summed E-state index contributed by atoms with van der Waals surface area (Å²) in [5, 5.41) is 14.3. The van der Waals surface area contributed by atoms with Crippen molar-refractivity contribution >= 4 is 31.7 Å². The van der Waals surface area contributed by atoms with Crippen molar-refractivity contribution in [1.82, 2.24) is 4.41 Å². The van der Waals surface area contributed by atoms with Crippen LogP contribution in [0.3, 0.4) is 0 Å². The average molecular weight is 395 g/mol. The van der Waals surface area contributed by atoms with Gasteiger partial charge in [-0.2, -0.15) is 17.9 Å². The van der Waals surface area contributed by atoms with Crippen LogP contribution in [0, 0.1) is 0 Å². The number of halogens is 1. The average Bonchev–Trinajstić information content (AvgIpc) is 2.93. The summed E-state index contributed by atoms with van der Waals surface area (Å²) in [6, 6.07) is 12.6. The van der Waals surface area contributed by atoms with Crippen molar-refractivity contribution in [3.8, 4) is 5.75 Å². The van der Waals surface area contributed by atoms with E-state index < -0.39 is 16.1 Å². The van der Waals surface area contributed by atoms with E-state index in [0.29, 0.717) is 17.7 Å². The number of benzene rings is 2. The molecule has 0 saturated carbocycles. The highest BCUT2D eigenvalue weighted by Crippen LogP contribution is 2.40. The number of hydrogen-bond acceptors (Lipinski definition) is 4. The lowest BCUT2D eigenvalue weighted by molar-refractivity contribution is 0.358. The van der Waals surface area contributed by atoms with Crippen LogP contribution in [0.5, 0.6) is 5.75 Å². The van der Waals surface area contributed by atoms with Crippen LogP contribution in [0.15, 0.2) is 63.0 Å². The number of phenolic OH excluding ortho intramolecular Hbond substituents is 1. The highest BCUT2D eigenvalue weighted by Gasteiger charge is 2.37. The van der Waals surface area contributed by atoms with Crippen molar-refractivity contribution in [2.75, 3.05) is 0 Å². The first kappa shape index (κ1) is 16.0. The quantitative estimate of drug-likeness (QED) is 0.862. The molecule has 0 radical (unpaired) electrons. The zero-order chi connectivity index (χ0) is 16.6. The predicted molar refractivity (Wildman–Crippen MR) is 91.7 cm³/mol. The van der Waals surface area contributed by atoms with Crippen LogP contribution in [0.25, 0.3) is 0 Å². The number of nitrogens with zero attached hydrogens (tertiary/aromatic N) is 2. The van der Waals surface area contributed by atoms with Gasteiger partial charge in [0, 0.05) is 22.2 Å². The molecule has 0 aromatic heterocycles. The Morgan fingerprint density at radius 3 is 2.61 bits per heavy atom. The minimum atomic E-state index is -3.78. The molecule has 23 heavy (non-hydrogen) atoms. The van der Waals surface area contributed by atoms with E-state index >= 15 is 0 Å². The van der Waals surface area contributed by atoms with Gasteiger partial charge in [0.2, 0.25) is 0 Å². The second kappa shape index (κ2) is 5.98. The summed E-state index contributed by atoms with van der Waals surface area (Å²) in [5.41, 5.74) is 1.23. The zero-order valence-electron chi connectivity index (χ0n) is 12.3. The van der Waals surface area contributed by atoms with Gasteiger partial charge in [0.1, 0.15) is 5.75 Å². The fourth-order valence-corrected chi connectivity index (χ4v) is 4.45. The van der Waals surface area contributed by atoms with Gasteiger partial charge in [0.15, 0.2) is 0 Å². The highest BCUT2D eigenvalue weighted by molar-refractivity contribution is 9.10. The van der Waals surface area contributed by atoms with E-state index in [0.717, 1.165) is 8.89 Å². The second-order valence-electron chi connectivity index (χ2n) is 5.35. The molecule has 0 fully saturated rings. The number of hydrazone groups is 1. The molecule has 1 atom stereocenters. The molecule has 1 heterocycles. The normalized spacial score (nSPS) is 18.1. The topological polar surface area (TPSA) is 70.0 Å². The maximum Gasteiger partial charge on any atom is 0.279 e. The molecular weight excluding hydrogens is 380 g/mol. The van der Waals surface area contributed by atoms with Crippen LogP contribution < -0.4 is 0 Å². The Hall–Kier alpha value is -1.86. The van der Waals surface area contributed by atoms with Crippen molar-refractivity contribution < 1.29 is 13.5 Å². The molecule has 5 nitrogen and oxygen atoms in total. The molecule has 1 N–H and O–H groups in total. The zero-order valence-corrected chi connectivity index (χ0v) is 14.8. The predicted octanol–water partition coefficient (Wildman–Crippen LogP) is 3.67. The lowest BCUT2D eigenvalue weighted by atomic mass is 10.0. The Morgan fingerprint density at radius 1 is 1.22 bits per heavy atom. The first-order valence-corrected chi connectivity index (χ1v) is 9.25. The lowest BCUT2D eigenvalue weighted by Gasteiger charge is -2.24. The third kappa shape index (κ3) is 2.98. The Bertz CT molecular complexity index is 866. The van der Waals surface area contributed by atoms with Crippen molar-refractivity contribution in [3.63, 3.8) is 0 Å². The van der Waals surface area contributed by atoms with Gasteiger partial charge in [-0.1, -0.05) is 34.1 Å². The SMILES string of the molecule is CC1=NN(S(=O)(=O)c2ccccc2)C(c2cc(Br)ccc2O)C1. The molecule has 1 unspecified atom stereocenters. The van der Waals surface area contributed by atoms with E-state index in [1.807, 2.05) is 0 Å². The standard InChI is InChI=1S/C16H15BrN2O3S/c1-11-9-15(14-10-12(17)7-8-16(14)20)19(18-11)23(21,22)13-5-3-2-4-6-13/h2-8,10,15,20H,9H2,1H3. The summed E-state index contributed by atoms with van der Waals surface area (Å²) in [7, 11) is -3.78. The largest absolute Gasteiger partial charge is 0.508 e. The van der Waals surface area contributed by atoms with Crippen molar-refractivity contribution in [1.29, 1.82) is 0 Å². The third-order valence-electron chi connectivity index (χ3n) is 3.66. The molecule has 2 aromatic rings. The fraction of sp³-hybridized carbons (Fsp3) is 0.188. The Kier molecular flexibility index (Phi) is 4.16. The van der Waals surface area contributed by atoms with Gasteiger partial charge in [-0.15, -0.1) is 0 Å². The highest BCUT2D eigenvalue weighted by atomic mass is 79.9. The summed E-state index contributed by atoms with van der Waals surface area (Å²) in [6.07, 6.45) is 0.441. The van der Waals surface area contributed by atoms with Crippen LogP contribution in [0.4, 0.5) is 0 Å². The number of rotatable bonds is 3. The van der Waals surface area contributed by atoms with E-state index in [4.69, 9.17) is 0 Å². The maximum absolute atomic E-state index is 12.9. The molecule has 0 aliphatic carbocycles. The molecule has 2 aromatic carbocycles. The van der Waals surface area contributed by atoms with Crippen LogP contribution >= 0.6 is 15.9 Å². The van der Waals surface area contributed by atoms with Gasteiger partial charge in [-0.05, 0) is 37.3 Å². The van der Waals surface area contributed by atoms with Crippen molar-refractivity contribution in [2.45, 2.75) is 24.3 Å². The Labute approximate surface area is 143 Å². The molecule has 7 heteroatoms. The lowest BCUT2D eigenvalue weighted by Crippen LogP contribution is -2.27. The summed E-state index contributed by atoms with van der Waals surface area (Å²) in [4.78, 5) is 0.179. The van der Waals surface area contributed by atoms with E-state index in [2.05, 4.69) is 21.0 Å². The molecule has 0 spiro atoms. The molecule has 1 aliphatic heterocycles. The van der Waals surface area contributed by atoms with Gasteiger partial charge in [-0.25, -0.2) is 0 Å². The van der Waals surface area contributed by atoms with Gasteiger partial charge in [0.05, 0.1) is 10.9 Å². The number of aromatic hydroxyl groups is 1. The Morgan fingerprint density at radius 2 is 1.91 bits per heavy atom. The van der Waals surface area contributed by atoms with Crippen molar-refractivity contribution in [3.05, 3.63) is 58.6 Å². The summed E-state index contributed by atoms with van der Waals surface area (Å²) < 4.78 is 27.6. The minimum Gasteiger partial charge on any atom is -0.508 e. The molecule has 0 amide bonds. The van der Waals surface area contributed by atoms with Crippen molar-refractivity contribution in [2.24, 2.45) is 5.10 Å². The molecular formula is C16H15BrN2O3S. The smallest absolute Gasteiger partial charge is 0.279 e. The molecule has 0 saturated heterocycles. The number of sulfonamides is 1. The second-order valence-corrected chi connectivity index (χ2v) is 8.06. The van der Waals surface area contributed by atoms with Gasteiger partial charge >= 0.3 is 0 Å². The first-order valence-electron chi connectivity index (χ1n) is 7.01. The van der Waals surface area contributed by atoms with Crippen LogP contribution in [0.1, 0.15) is 24.9 Å². The van der Waals surface area contributed by atoms with E-state index in [1.165, 1.54) is 12.1 Å². The monoisotopic (exact) mass is 394 g/mol. The summed E-state index contributed by atoms with van der Waals surface area (Å²) >= 11 is 3.36. The van der Waals surface area contributed by atoms with Crippen LogP contribution in [0.2, 0.25) is 0 Å². The first-order chi connectivity index (χ1) is 10.9. The fourth-order valence-electron chi connectivity index (χ4n) is 2.58. The van der Waals surface area contributed by atoms with Gasteiger partial charge in [0.25, 0.3) is 10.0 Å². The number of hydrogen-bond donors (Lipinski definition) is 1. The third-order valence-corrected chi connectivity index (χ3v) is 5.85. The minimum absolute atomic E-state index is 0.0522. The molecule has 0 bridgehead atoms.